The number of aryl methyl sites for hydroxylation is 2. The van der Waals surface area contributed by atoms with Crippen molar-refractivity contribution < 1.29 is 0 Å². The Morgan fingerprint density at radius 2 is 2.00 bits per heavy atom. The van der Waals surface area contributed by atoms with Crippen LogP contribution in [0.3, 0.4) is 0 Å². The molecule has 1 aromatic carbocycles. The number of anilines is 1. The quantitative estimate of drug-likeness (QED) is 0.701. The van der Waals surface area contributed by atoms with E-state index in [9.17, 15) is 0 Å². The largest absolute Gasteiger partial charge is 0.368 e. The monoisotopic (exact) mass is 176 g/mol. The van der Waals surface area contributed by atoms with Crippen molar-refractivity contribution in [3.63, 3.8) is 0 Å². The molecule has 1 aromatic rings. The highest BCUT2D eigenvalue weighted by molar-refractivity contribution is 5.56. The van der Waals surface area contributed by atoms with Crippen LogP contribution in [0.25, 0.3) is 0 Å². The van der Waals surface area contributed by atoms with Crippen molar-refractivity contribution in [1.82, 2.24) is 0 Å². The van der Waals surface area contributed by atoms with Gasteiger partial charge in [0.1, 0.15) is 0 Å². The van der Waals surface area contributed by atoms with Crippen molar-refractivity contribution in [1.29, 1.82) is 0 Å². The van der Waals surface area contributed by atoms with E-state index in [1.807, 2.05) is 0 Å². The summed E-state index contributed by atoms with van der Waals surface area (Å²) in [5.74, 6) is 0. The Labute approximate surface area is 79.4 Å². The van der Waals surface area contributed by atoms with Crippen molar-refractivity contribution in [2.24, 2.45) is 5.73 Å². The maximum atomic E-state index is 5.74. The fraction of sp³-hybridized carbons (Fsp3) is 0.455. The first kappa shape index (κ1) is 8.57. The Hall–Kier alpha value is -1.02. The molecule has 0 atom stereocenters. The van der Waals surface area contributed by atoms with E-state index >= 15 is 0 Å². The van der Waals surface area contributed by atoms with Crippen LogP contribution in [0.1, 0.15) is 11.1 Å². The van der Waals surface area contributed by atoms with E-state index in [0.717, 1.165) is 13.1 Å². The van der Waals surface area contributed by atoms with Crippen molar-refractivity contribution in [2.75, 3.05) is 18.0 Å². The first-order valence-corrected chi connectivity index (χ1v) is 4.74. The second-order valence-corrected chi connectivity index (χ2v) is 3.96. The van der Waals surface area contributed by atoms with E-state index in [2.05, 4.69) is 36.9 Å². The van der Waals surface area contributed by atoms with Gasteiger partial charge in [-0.15, -0.1) is 0 Å². The molecule has 0 bridgehead atoms. The number of benzene rings is 1. The second-order valence-electron chi connectivity index (χ2n) is 3.96. The van der Waals surface area contributed by atoms with Gasteiger partial charge in [0.25, 0.3) is 0 Å². The third kappa shape index (κ3) is 1.54. The summed E-state index contributed by atoms with van der Waals surface area (Å²) in [6.45, 7) is 6.29. The van der Waals surface area contributed by atoms with E-state index in [0.29, 0.717) is 6.04 Å². The van der Waals surface area contributed by atoms with Crippen LogP contribution in [0.2, 0.25) is 0 Å². The van der Waals surface area contributed by atoms with Crippen LogP contribution >= 0.6 is 0 Å². The van der Waals surface area contributed by atoms with Gasteiger partial charge in [0, 0.05) is 24.8 Å². The van der Waals surface area contributed by atoms with Crippen molar-refractivity contribution in [2.45, 2.75) is 19.9 Å². The number of hydrogen-bond acceptors (Lipinski definition) is 2. The van der Waals surface area contributed by atoms with Crippen molar-refractivity contribution in [3.8, 4) is 0 Å². The smallest absolute Gasteiger partial charge is 0.0397 e. The van der Waals surface area contributed by atoms with Gasteiger partial charge in [-0.25, -0.2) is 0 Å². The molecule has 1 saturated heterocycles. The summed E-state index contributed by atoms with van der Waals surface area (Å²) in [6, 6.07) is 6.95. The molecule has 2 N–H and O–H groups in total. The number of nitrogens with two attached hydrogens (primary N) is 1. The molecular weight excluding hydrogens is 160 g/mol. The molecule has 0 amide bonds. The van der Waals surface area contributed by atoms with E-state index in [1.165, 1.54) is 16.8 Å². The Balaban J connectivity index is 2.21. The number of nitrogens with zero attached hydrogens (tertiary/aromatic N) is 1. The van der Waals surface area contributed by atoms with E-state index < -0.39 is 0 Å². The van der Waals surface area contributed by atoms with Gasteiger partial charge in [0.2, 0.25) is 0 Å². The number of rotatable bonds is 1. The normalized spacial score (nSPS) is 17.3. The summed E-state index contributed by atoms with van der Waals surface area (Å²) >= 11 is 0. The Morgan fingerprint density at radius 1 is 1.31 bits per heavy atom. The minimum atomic E-state index is 0.376. The van der Waals surface area contributed by atoms with Crippen molar-refractivity contribution in [3.05, 3.63) is 29.3 Å². The van der Waals surface area contributed by atoms with Gasteiger partial charge in [-0.1, -0.05) is 17.7 Å². The lowest BCUT2D eigenvalue weighted by molar-refractivity contribution is 0.518. The number of hydrogen-bond donors (Lipinski definition) is 1. The SMILES string of the molecule is Cc1ccc(N2CC(N)C2)c(C)c1. The van der Waals surface area contributed by atoms with E-state index in [4.69, 9.17) is 5.73 Å². The van der Waals surface area contributed by atoms with Crippen LogP contribution in [0.4, 0.5) is 5.69 Å². The van der Waals surface area contributed by atoms with Gasteiger partial charge < -0.3 is 10.6 Å². The van der Waals surface area contributed by atoms with Crippen LogP contribution in [-0.2, 0) is 0 Å². The average molecular weight is 176 g/mol. The van der Waals surface area contributed by atoms with E-state index in [-0.39, 0.29) is 0 Å². The lowest BCUT2D eigenvalue weighted by Gasteiger charge is -2.39. The van der Waals surface area contributed by atoms with Gasteiger partial charge in [-0.2, -0.15) is 0 Å². The molecule has 1 fully saturated rings. The van der Waals surface area contributed by atoms with Gasteiger partial charge in [-0.3, -0.25) is 0 Å². The van der Waals surface area contributed by atoms with Gasteiger partial charge in [-0.05, 0) is 25.5 Å². The van der Waals surface area contributed by atoms with Crippen LogP contribution in [0.15, 0.2) is 18.2 Å². The van der Waals surface area contributed by atoms with Crippen LogP contribution in [0.5, 0.6) is 0 Å². The molecule has 0 spiro atoms. The molecule has 2 rings (SSSR count). The maximum Gasteiger partial charge on any atom is 0.0397 e. The lowest BCUT2D eigenvalue weighted by atomic mass is 10.0. The zero-order valence-corrected chi connectivity index (χ0v) is 8.25. The molecule has 0 radical (unpaired) electrons. The third-order valence-corrected chi connectivity index (χ3v) is 2.60. The summed E-state index contributed by atoms with van der Waals surface area (Å²) in [7, 11) is 0. The molecule has 2 nitrogen and oxygen atoms in total. The fourth-order valence-electron chi connectivity index (χ4n) is 1.87. The molecule has 0 aliphatic carbocycles. The average Bonchev–Trinajstić information content (AvgIpc) is 2.00. The summed E-state index contributed by atoms with van der Waals surface area (Å²) in [6.07, 6.45) is 0. The molecule has 1 aliphatic rings. The molecule has 2 heteroatoms. The minimum Gasteiger partial charge on any atom is -0.368 e. The molecular formula is C11H16N2. The van der Waals surface area contributed by atoms with Gasteiger partial charge >= 0.3 is 0 Å². The van der Waals surface area contributed by atoms with Gasteiger partial charge in [0.15, 0.2) is 0 Å². The molecule has 0 aromatic heterocycles. The summed E-state index contributed by atoms with van der Waals surface area (Å²) in [5.41, 5.74) is 9.76. The Morgan fingerprint density at radius 3 is 2.54 bits per heavy atom. The lowest BCUT2D eigenvalue weighted by Crippen LogP contribution is -2.56. The molecule has 1 heterocycles. The van der Waals surface area contributed by atoms with Crippen molar-refractivity contribution >= 4 is 5.69 Å². The highest BCUT2D eigenvalue weighted by atomic mass is 15.2. The third-order valence-electron chi connectivity index (χ3n) is 2.60. The zero-order valence-electron chi connectivity index (χ0n) is 8.25. The minimum absolute atomic E-state index is 0.376. The predicted octanol–water partition coefficient (Wildman–Crippen LogP) is 1.45. The summed E-state index contributed by atoms with van der Waals surface area (Å²) < 4.78 is 0. The predicted molar refractivity (Wildman–Crippen MR) is 56.1 cm³/mol. The molecule has 0 saturated carbocycles. The van der Waals surface area contributed by atoms with Crippen LogP contribution in [0, 0.1) is 13.8 Å². The highest BCUT2D eigenvalue weighted by Crippen LogP contribution is 2.24. The Kier molecular flexibility index (Phi) is 2.00. The highest BCUT2D eigenvalue weighted by Gasteiger charge is 2.23. The zero-order chi connectivity index (χ0) is 9.42. The maximum absolute atomic E-state index is 5.74. The van der Waals surface area contributed by atoms with E-state index in [1.54, 1.807) is 0 Å². The summed E-state index contributed by atoms with van der Waals surface area (Å²) in [4.78, 5) is 2.33. The molecule has 1 aliphatic heterocycles. The molecule has 70 valence electrons. The molecule has 0 unspecified atom stereocenters. The second kappa shape index (κ2) is 3.04. The first-order valence-electron chi connectivity index (χ1n) is 4.74. The Bertz CT molecular complexity index is 314. The standard InChI is InChI=1S/C11H16N2/c1-8-3-4-11(9(2)5-8)13-6-10(12)7-13/h3-5,10H,6-7,12H2,1-2H3. The van der Waals surface area contributed by atoms with Crippen LogP contribution < -0.4 is 10.6 Å². The summed E-state index contributed by atoms with van der Waals surface area (Å²) in [5, 5.41) is 0. The topological polar surface area (TPSA) is 29.3 Å². The first-order chi connectivity index (χ1) is 6.16. The van der Waals surface area contributed by atoms with Gasteiger partial charge in [0.05, 0.1) is 0 Å². The van der Waals surface area contributed by atoms with Crippen LogP contribution in [-0.4, -0.2) is 19.1 Å². The molecule has 13 heavy (non-hydrogen) atoms. The fourth-order valence-corrected chi connectivity index (χ4v) is 1.87.